The smallest absolute Gasteiger partial charge is 0.315 e. The molecule has 0 aliphatic carbocycles. The fourth-order valence-electron chi connectivity index (χ4n) is 2.58. The van der Waals surface area contributed by atoms with E-state index in [1.807, 2.05) is 0 Å². The highest BCUT2D eigenvalue weighted by atomic mass is 28.3. The molecule has 1 aromatic carbocycles. The van der Waals surface area contributed by atoms with Crippen molar-refractivity contribution >= 4 is 19.1 Å². The van der Waals surface area contributed by atoms with Gasteiger partial charge in [0.05, 0.1) is 14.1 Å². The van der Waals surface area contributed by atoms with Crippen LogP contribution in [0.5, 0.6) is 0 Å². The van der Waals surface area contributed by atoms with Crippen LogP contribution in [0.15, 0.2) is 18.2 Å². The number of fused-ring (bicyclic) bond motifs is 1. The number of nitrogens with zero attached hydrogens (tertiary/aromatic N) is 2. The minimum atomic E-state index is -1.42. The van der Waals surface area contributed by atoms with Crippen LogP contribution in [0.2, 0.25) is 13.1 Å². The summed E-state index contributed by atoms with van der Waals surface area (Å²) in [7, 11) is 5.53. The van der Waals surface area contributed by atoms with Crippen LogP contribution < -0.4 is 10.1 Å². The van der Waals surface area contributed by atoms with E-state index >= 15 is 0 Å². The molecule has 0 unspecified atom stereocenters. The van der Waals surface area contributed by atoms with Crippen LogP contribution in [-0.2, 0) is 0 Å². The SMILES string of the molecule is Cc1ccc2c(c1)[Si](C)(C)[N+](C)(C)CN2C. The summed E-state index contributed by atoms with van der Waals surface area (Å²) in [4.78, 5) is 2.40. The summed E-state index contributed by atoms with van der Waals surface area (Å²) in [6.07, 6.45) is 0. The van der Waals surface area contributed by atoms with Gasteiger partial charge >= 0.3 is 8.24 Å². The summed E-state index contributed by atoms with van der Waals surface area (Å²) in [5, 5.41) is 1.60. The van der Waals surface area contributed by atoms with E-state index in [2.05, 4.69) is 64.3 Å². The second-order valence-electron chi connectivity index (χ2n) is 6.10. The Morgan fingerprint density at radius 1 is 1.25 bits per heavy atom. The van der Waals surface area contributed by atoms with Crippen molar-refractivity contribution < 1.29 is 4.15 Å². The van der Waals surface area contributed by atoms with E-state index in [1.165, 1.54) is 11.3 Å². The van der Waals surface area contributed by atoms with E-state index in [-0.39, 0.29) is 0 Å². The van der Waals surface area contributed by atoms with Gasteiger partial charge in [0.15, 0.2) is 0 Å². The lowest BCUT2D eigenvalue weighted by molar-refractivity contribution is -0.789. The zero-order valence-corrected chi connectivity index (χ0v) is 12.3. The van der Waals surface area contributed by atoms with Crippen LogP contribution in [0, 0.1) is 6.92 Å². The van der Waals surface area contributed by atoms with E-state index in [9.17, 15) is 0 Å². The van der Waals surface area contributed by atoms with Crippen LogP contribution in [0.4, 0.5) is 5.69 Å². The van der Waals surface area contributed by atoms with Gasteiger partial charge in [-0.3, -0.25) is 0 Å². The number of hydrogen-bond donors (Lipinski definition) is 0. The average Bonchev–Trinajstić information content (AvgIpc) is 2.14. The van der Waals surface area contributed by atoms with Crippen molar-refractivity contribution in [3.63, 3.8) is 0 Å². The molecule has 16 heavy (non-hydrogen) atoms. The number of aryl methyl sites for hydroxylation is 1. The van der Waals surface area contributed by atoms with Gasteiger partial charge in [0.1, 0.15) is 6.67 Å². The minimum absolute atomic E-state index is 1.12. The first-order valence-electron chi connectivity index (χ1n) is 5.91. The first-order valence-corrected chi connectivity index (χ1v) is 8.86. The van der Waals surface area contributed by atoms with Gasteiger partial charge in [0, 0.05) is 17.9 Å². The van der Waals surface area contributed by atoms with Gasteiger partial charge in [-0.2, -0.15) is 0 Å². The molecule has 2 rings (SSSR count). The van der Waals surface area contributed by atoms with E-state index < -0.39 is 8.24 Å². The lowest BCUT2D eigenvalue weighted by Gasteiger charge is -2.50. The summed E-state index contributed by atoms with van der Waals surface area (Å²) in [5.74, 6) is 0. The Hall–Kier alpha value is -0.803. The lowest BCUT2D eigenvalue weighted by Crippen LogP contribution is -2.73. The fraction of sp³-hybridized carbons (Fsp3) is 0.538. The molecule has 0 fully saturated rings. The highest BCUT2D eigenvalue weighted by Gasteiger charge is 2.48. The largest absolute Gasteiger partial charge is 0.368 e. The van der Waals surface area contributed by atoms with Crippen LogP contribution in [-0.4, -0.2) is 40.2 Å². The second-order valence-corrected chi connectivity index (χ2v) is 11.0. The fourth-order valence-corrected chi connectivity index (χ4v) is 5.28. The monoisotopic (exact) mass is 235 g/mol. The highest BCUT2D eigenvalue weighted by molar-refractivity contribution is 6.85. The van der Waals surface area contributed by atoms with Gasteiger partial charge in [-0.1, -0.05) is 17.7 Å². The molecule has 0 spiro atoms. The normalized spacial score (nSPS) is 21.8. The highest BCUT2D eigenvalue weighted by Crippen LogP contribution is 2.28. The topological polar surface area (TPSA) is 3.24 Å². The molecule has 0 bridgehead atoms. The molecule has 0 atom stereocenters. The van der Waals surface area contributed by atoms with Crippen molar-refractivity contribution in [2.75, 3.05) is 32.7 Å². The number of hydrogen-bond acceptors (Lipinski definition) is 1. The molecular weight excluding hydrogens is 212 g/mol. The summed E-state index contributed by atoms with van der Waals surface area (Å²) in [5.41, 5.74) is 2.83. The molecule has 3 heteroatoms. The van der Waals surface area contributed by atoms with Crippen molar-refractivity contribution in [2.24, 2.45) is 0 Å². The maximum Gasteiger partial charge on any atom is 0.315 e. The Morgan fingerprint density at radius 3 is 2.50 bits per heavy atom. The maximum absolute atomic E-state index is 2.48. The van der Waals surface area contributed by atoms with Crippen molar-refractivity contribution in [1.29, 1.82) is 0 Å². The van der Waals surface area contributed by atoms with Crippen molar-refractivity contribution in [2.45, 2.75) is 20.0 Å². The summed E-state index contributed by atoms with van der Waals surface area (Å²) >= 11 is 0. The molecule has 0 radical (unpaired) electrons. The standard InChI is InChI=1S/C13H23N2Si/c1-11-7-8-12-13(9-11)16(5,6)15(3,4)10-14(12)2/h7-9H,10H2,1-6H3/q+1. The zero-order valence-electron chi connectivity index (χ0n) is 11.3. The summed E-state index contributed by atoms with van der Waals surface area (Å²) in [6, 6.07) is 6.92. The summed E-state index contributed by atoms with van der Waals surface area (Å²) in [6.45, 7) is 8.28. The van der Waals surface area contributed by atoms with Gasteiger partial charge in [-0.15, -0.1) is 0 Å². The molecule has 1 aliphatic heterocycles. The molecule has 0 saturated carbocycles. The molecule has 2 nitrogen and oxygen atoms in total. The zero-order chi connectivity index (χ0) is 12.1. The number of benzene rings is 1. The van der Waals surface area contributed by atoms with Gasteiger partial charge in [0.25, 0.3) is 0 Å². The van der Waals surface area contributed by atoms with Gasteiger partial charge in [-0.05, 0) is 26.1 Å². The molecule has 1 aliphatic rings. The van der Waals surface area contributed by atoms with E-state index in [0.717, 1.165) is 10.8 Å². The van der Waals surface area contributed by atoms with Crippen molar-refractivity contribution in [1.82, 2.24) is 0 Å². The molecule has 1 heterocycles. The molecule has 1 aromatic rings. The molecular formula is C13H23N2Si+. The Morgan fingerprint density at radius 2 is 1.88 bits per heavy atom. The first kappa shape index (κ1) is 11.7. The predicted molar refractivity (Wildman–Crippen MR) is 73.7 cm³/mol. The summed E-state index contributed by atoms with van der Waals surface area (Å²) < 4.78 is 1.14. The van der Waals surface area contributed by atoms with E-state index in [4.69, 9.17) is 0 Å². The minimum Gasteiger partial charge on any atom is -0.368 e. The van der Waals surface area contributed by atoms with Crippen LogP contribution >= 0.6 is 0 Å². The average molecular weight is 235 g/mol. The van der Waals surface area contributed by atoms with Gasteiger partial charge < -0.3 is 9.05 Å². The molecule has 0 amide bonds. The second kappa shape index (κ2) is 3.34. The third-order valence-electron chi connectivity index (χ3n) is 4.30. The van der Waals surface area contributed by atoms with E-state index in [1.54, 1.807) is 5.19 Å². The van der Waals surface area contributed by atoms with Crippen LogP contribution in [0.1, 0.15) is 5.56 Å². The third kappa shape index (κ3) is 1.50. The Labute approximate surface area is 100 Å². The molecule has 88 valence electrons. The lowest BCUT2D eigenvalue weighted by atomic mass is 10.2. The number of quaternary nitrogens is 1. The van der Waals surface area contributed by atoms with Crippen LogP contribution in [0.3, 0.4) is 0 Å². The Bertz CT molecular complexity index is 424. The van der Waals surface area contributed by atoms with Gasteiger partial charge in [0.2, 0.25) is 0 Å². The molecule has 0 N–H and O–H groups in total. The maximum atomic E-state index is 2.48. The van der Waals surface area contributed by atoms with Crippen molar-refractivity contribution in [3.05, 3.63) is 23.8 Å². The molecule has 0 aromatic heterocycles. The first-order chi connectivity index (χ1) is 7.25. The van der Waals surface area contributed by atoms with Crippen LogP contribution in [0.25, 0.3) is 0 Å². The predicted octanol–water partition coefficient (Wildman–Crippen LogP) is 1.89. The Balaban J connectivity index is 2.66. The number of rotatable bonds is 0. The Kier molecular flexibility index (Phi) is 2.44. The van der Waals surface area contributed by atoms with Crippen molar-refractivity contribution in [3.8, 4) is 0 Å². The number of anilines is 1. The van der Waals surface area contributed by atoms with Gasteiger partial charge in [-0.25, -0.2) is 0 Å². The quantitative estimate of drug-likeness (QED) is 0.621. The third-order valence-corrected chi connectivity index (χ3v) is 9.19. The van der Waals surface area contributed by atoms with E-state index in [0.29, 0.717) is 0 Å². The molecule has 0 saturated heterocycles.